The molecule has 1 saturated heterocycles. The Morgan fingerprint density at radius 2 is 2.25 bits per heavy atom. The number of hydrogen-bond donors (Lipinski definition) is 0. The average Bonchev–Trinajstić information content (AvgIpc) is 2.14. The molecule has 0 aromatic carbocycles. The summed E-state index contributed by atoms with van der Waals surface area (Å²) in [5.41, 5.74) is 0. The molecule has 2 atom stereocenters. The minimum absolute atomic E-state index is 0.306. The normalized spacial score (nSPS) is 38.2. The van der Waals surface area contributed by atoms with Crippen LogP contribution in [0.4, 0.5) is 0 Å². The van der Waals surface area contributed by atoms with Crippen molar-refractivity contribution >= 4 is 0 Å². The highest BCUT2D eigenvalue weighted by Crippen LogP contribution is 2.17. The number of rotatable bonds is 1. The molecule has 0 N–H and O–H groups in total. The van der Waals surface area contributed by atoms with E-state index in [0.717, 1.165) is 12.8 Å². The molecular formula is C6H12O2. The largest absolute Gasteiger partial charge is 0.233 e. The summed E-state index contributed by atoms with van der Waals surface area (Å²) in [7, 11) is 0. The third-order valence-electron chi connectivity index (χ3n) is 1.41. The molecule has 0 aliphatic carbocycles. The first kappa shape index (κ1) is 6.05. The number of hydrogen-bond acceptors (Lipinski definition) is 2. The van der Waals surface area contributed by atoms with Crippen LogP contribution in [0.25, 0.3) is 0 Å². The molecule has 1 aliphatic rings. The van der Waals surface area contributed by atoms with E-state index < -0.39 is 0 Å². The molecule has 0 bridgehead atoms. The molecule has 1 rings (SSSR count). The zero-order valence-corrected chi connectivity index (χ0v) is 5.39. The van der Waals surface area contributed by atoms with E-state index in [1.807, 2.05) is 6.92 Å². The van der Waals surface area contributed by atoms with E-state index in [-0.39, 0.29) is 0 Å². The summed E-state index contributed by atoms with van der Waals surface area (Å²) >= 11 is 0. The van der Waals surface area contributed by atoms with Crippen LogP contribution in [-0.4, -0.2) is 12.2 Å². The molecule has 1 heterocycles. The van der Waals surface area contributed by atoms with E-state index in [4.69, 9.17) is 9.78 Å². The highest BCUT2D eigenvalue weighted by Gasteiger charge is 2.21. The SMILES string of the molecule is CCC1CC(C)OO1. The standard InChI is InChI=1S/C6H12O2/c1-3-6-4-5(2)7-8-6/h5-6H,3-4H2,1-2H3. The molecule has 2 unspecified atom stereocenters. The Morgan fingerprint density at radius 3 is 2.50 bits per heavy atom. The molecule has 0 spiro atoms. The van der Waals surface area contributed by atoms with E-state index >= 15 is 0 Å². The fraction of sp³-hybridized carbons (Fsp3) is 1.00. The third kappa shape index (κ3) is 1.20. The van der Waals surface area contributed by atoms with Crippen molar-refractivity contribution in [1.82, 2.24) is 0 Å². The predicted octanol–water partition coefficient (Wildman–Crippen LogP) is 1.51. The first-order valence-corrected chi connectivity index (χ1v) is 3.15. The summed E-state index contributed by atoms with van der Waals surface area (Å²) in [6.45, 7) is 4.13. The summed E-state index contributed by atoms with van der Waals surface area (Å²) in [5, 5.41) is 0. The van der Waals surface area contributed by atoms with Crippen molar-refractivity contribution in [3.05, 3.63) is 0 Å². The molecule has 48 valence electrons. The summed E-state index contributed by atoms with van der Waals surface area (Å²) in [6, 6.07) is 0. The molecule has 0 aromatic heterocycles. The van der Waals surface area contributed by atoms with Gasteiger partial charge in [0.25, 0.3) is 0 Å². The molecule has 1 fully saturated rings. The van der Waals surface area contributed by atoms with Gasteiger partial charge in [0, 0.05) is 6.42 Å². The highest BCUT2D eigenvalue weighted by molar-refractivity contribution is 4.62. The molecule has 0 amide bonds. The first-order chi connectivity index (χ1) is 3.83. The zero-order valence-electron chi connectivity index (χ0n) is 5.39. The topological polar surface area (TPSA) is 18.5 Å². The van der Waals surface area contributed by atoms with Crippen LogP contribution < -0.4 is 0 Å². The Balaban J connectivity index is 2.22. The zero-order chi connectivity index (χ0) is 5.98. The monoisotopic (exact) mass is 116 g/mol. The van der Waals surface area contributed by atoms with Crippen LogP contribution in [0.2, 0.25) is 0 Å². The highest BCUT2D eigenvalue weighted by atomic mass is 17.2. The quantitative estimate of drug-likeness (QED) is 0.483. The lowest BCUT2D eigenvalue weighted by molar-refractivity contribution is -0.293. The smallest absolute Gasteiger partial charge is 0.0953 e. The lowest BCUT2D eigenvalue weighted by Gasteiger charge is -1.97. The van der Waals surface area contributed by atoms with Crippen LogP contribution in [0.1, 0.15) is 26.7 Å². The lowest BCUT2D eigenvalue weighted by atomic mass is 10.1. The minimum atomic E-state index is 0.306. The second-order valence-electron chi connectivity index (χ2n) is 2.27. The second-order valence-corrected chi connectivity index (χ2v) is 2.27. The fourth-order valence-electron chi connectivity index (χ4n) is 0.857. The Morgan fingerprint density at radius 1 is 1.50 bits per heavy atom. The van der Waals surface area contributed by atoms with Gasteiger partial charge < -0.3 is 0 Å². The Labute approximate surface area is 49.7 Å². The fourth-order valence-corrected chi connectivity index (χ4v) is 0.857. The molecule has 8 heavy (non-hydrogen) atoms. The van der Waals surface area contributed by atoms with Gasteiger partial charge in [-0.25, -0.2) is 9.78 Å². The molecule has 1 aliphatic heterocycles. The van der Waals surface area contributed by atoms with Crippen molar-refractivity contribution in [2.24, 2.45) is 0 Å². The van der Waals surface area contributed by atoms with Crippen LogP contribution >= 0.6 is 0 Å². The van der Waals surface area contributed by atoms with Crippen LogP contribution in [0, 0.1) is 0 Å². The van der Waals surface area contributed by atoms with Crippen LogP contribution in [0.3, 0.4) is 0 Å². The Kier molecular flexibility index (Phi) is 1.86. The molecule has 0 aromatic rings. The minimum Gasteiger partial charge on any atom is -0.233 e. The van der Waals surface area contributed by atoms with E-state index in [9.17, 15) is 0 Å². The molecule has 2 nitrogen and oxygen atoms in total. The Bertz CT molecular complexity index is 72.9. The van der Waals surface area contributed by atoms with Crippen molar-refractivity contribution < 1.29 is 9.78 Å². The molecule has 0 saturated carbocycles. The van der Waals surface area contributed by atoms with E-state index in [1.165, 1.54) is 0 Å². The van der Waals surface area contributed by atoms with Gasteiger partial charge in [-0.3, -0.25) is 0 Å². The van der Waals surface area contributed by atoms with Gasteiger partial charge in [0.2, 0.25) is 0 Å². The summed E-state index contributed by atoms with van der Waals surface area (Å²) in [5.74, 6) is 0. The molecular weight excluding hydrogens is 104 g/mol. The van der Waals surface area contributed by atoms with Gasteiger partial charge in [-0.1, -0.05) is 6.92 Å². The van der Waals surface area contributed by atoms with Gasteiger partial charge in [-0.05, 0) is 13.3 Å². The van der Waals surface area contributed by atoms with Gasteiger partial charge in [0.05, 0.1) is 12.2 Å². The van der Waals surface area contributed by atoms with Crippen molar-refractivity contribution in [2.75, 3.05) is 0 Å². The van der Waals surface area contributed by atoms with Gasteiger partial charge in [-0.2, -0.15) is 0 Å². The maximum atomic E-state index is 4.91. The maximum Gasteiger partial charge on any atom is 0.0953 e. The summed E-state index contributed by atoms with van der Waals surface area (Å²) in [6.07, 6.45) is 2.77. The molecule has 2 heteroatoms. The Hall–Kier alpha value is -0.0800. The summed E-state index contributed by atoms with van der Waals surface area (Å²) in [4.78, 5) is 9.77. The summed E-state index contributed by atoms with van der Waals surface area (Å²) < 4.78 is 0. The van der Waals surface area contributed by atoms with Gasteiger partial charge in [-0.15, -0.1) is 0 Å². The predicted molar refractivity (Wildman–Crippen MR) is 30.3 cm³/mol. The second kappa shape index (κ2) is 2.46. The van der Waals surface area contributed by atoms with Crippen molar-refractivity contribution in [3.8, 4) is 0 Å². The van der Waals surface area contributed by atoms with E-state index in [0.29, 0.717) is 12.2 Å². The van der Waals surface area contributed by atoms with Crippen LogP contribution in [0.5, 0.6) is 0 Å². The van der Waals surface area contributed by atoms with E-state index in [1.54, 1.807) is 0 Å². The van der Waals surface area contributed by atoms with Crippen molar-refractivity contribution in [3.63, 3.8) is 0 Å². The van der Waals surface area contributed by atoms with E-state index in [2.05, 4.69) is 6.92 Å². The maximum absolute atomic E-state index is 4.91. The lowest BCUT2D eigenvalue weighted by Crippen LogP contribution is -2.01. The first-order valence-electron chi connectivity index (χ1n) is 3.15. The van der Waals surface area contributed by atoms with Crippen LogP contribution in [-0.2, 0) is 9.78 Å². The van der Waals surface area contributed by atoms with Crippen molar-refractivity contribution in [2.45, 2.75) is 38.9 Å². The van der Waals surface area contributed by atoms with Gasteiger partial charge in [0.1, 0.15) is 0 Å². The van der Waals surface area contributed by atoms with Gasteiger partial charge in [0.15, 0.2) is 0 Å². The van der Waals surface area contributed by atoms with Crippen molar-refractivity contribution in [1.29, 1.82) is 0 Å². The average molecular weight is 116 g/mol. The van der Waals surface area contributed by atoms with Gasteiger partial charge >= 0.3 is 0 Å². The van der Waals surface area contributed by atoms with Crippen LogP contribution in [0.15, 0.2) is 0 Å². The molecule has 0 radical (unpaired) electrons. The third-order valence-corrected chi connectivity index (χ3v) is 1.41.